The predicted molar refractivity (Wildman–Crippen MR) is 89.6 cm³/mol. The average molecular weight is 311 g/mol. The lowest BCUT2D eigenvalue weighted by molar-refractivity contribution is 0.102. The van der Waals surface area contributed by atoms with Crippen molar-refractivity contribution >= 4 is 28.4 Å². The molecule has 1 N–H and O–H groups in total. The molecule has 2 heterocycles. The van der Waals surface area contributed by atoms with Crippen molar-refractivity contribution in [1.29, 1.82) is 0 Å². The molecule has 0 fully saturated rings. The summed E-state index contributed by atoms with van der Waals surface area (Å²) in [7, 11) is 0. The number of fused-ring (bicyclic) bond motifs is 1. The van der Waals surface area contributed by atoms with Crippen LogP contribution in [-0.4, -0.2) is 26.5 Å². The summed E-state index contributed by atoms with van der Waals surface area (Å²) in [6.07, 6.45) is 0. The first-order valence-electron chi connectivity index (χ1n) is 7.10. The number of aromatic amines is 1. The number of carbonyl (C=O) groups excluding carboxylic acids is 1. The number of aryl methyl sites for hydroxylation is 3. The minimum absolute atomic E-state index is 0.119. The van der Waals surface area contributed by atoms with E-state index in [4.69, 9.17) is 0 Å². The highest BCUT2D eigenvalue weighted by atomic mass is 32.2. The maximum Gasteiger partial charge on any atom is 0.175 e. The fourth-order valence-corrected chi connectivity index (χ4v) is 3.48. The Labute approximate surface area is 133 Å². The van der Waals surface area contributed by atoms with Crippen LogP contribution < -0.4 is 0 Å². The van der Waals surface area contributed by atoms with Crippen LogP contribution >= 0.6 is 11.8 Å². The van der Waals surface area contributed by atoms with Crippen molar-refractivity contribution in [2.45, 2.75) is 25.8 Å². The minimum Gasteiger partial charge on any atom is -0.358 e. The molecule has 0 aliphatic carbocycles. The smallest absolute Gasteiger partial charge is 0.175 e. The Morgan fingerprint density at radius 2 is 1.95 bits per heavy atom. The molecule has 0 saturated carbocycles. The van der Waals surface area contributed by atoms with Gasteiger partial charge in [0.25, 0.3) is 0 Å². The van der Waals surface area contributed by atoms with Gasteiger partial charge in [0.1, 0.15) is 10.9 Å². The number of hydrogen-bond acceptors (Lipinski definition) is 4. The monoisotopic (exact) mass is 311 g/mol. The van der Waals surface area contributed by atoms with Gasteiger partial charge in [-0.25, -0.2) is 9.97 Å². The molecule has 0 spiro atoms. The number of carbonyl (C=O) groups is 1. The van der Waals surface area contributed by atoms with Crippen LogP contribution in [0, 0.1) is 20.8 Å². The van der Waals surface area contributed by atoms with Gasteiger partial charge in [-0.3, -0.25) is 4.79 Å². The van der Waals surface area contributed by atoms with Gasteiger partial charge in [0.05, 0.1) is 5.75 Å². The number of para-hydroxylation sites is 1. The maximum atomic E-state index is 12.6. The second-order valence-electron chi connectivity index (χ2n) is 5.28. The molecule has 0 atom stereocenters. The largest absolute Gasteiger partial charge is 0.358 e. The third-order valence-electron chi connectivity index (χ3n) is 3.47. The Balaban J connectivity index is 1.83. The van der Waals surface area contributed by atoms with Crippen LogP contribution in [0.15, 0.2) is 35.4 Å². The van der Waals surface area contributed by atoms with E-state index in [-0.39, 0.29) is 5.78 Å². The summed E-state index contributed by atoms with van der Waals surface area (Å²) in [6, 6.07) is 9.80. The molecule has 0 bridgehead atoms. The highest BCUT2D eigenvalue weighted by molar-refractivity contribution is 7.99. The molecule has 0 aliphatic rings. The molecule has 22 heavy (non-hydrogen) atoms. The summed E-state index contributed by atoms with van der Waals surface area (Å²) in [4.78, 5) is 24.5. The van der Waals surface area contributed by atoms with Crippen LogP contribution in [0.1, 0.15) is 27.6 Å². The number of thioether (sulfide) groups is 1. The van der Waals surface area contributed by atoms with Crippen molar-refractivity contribution in [3.8, 4) is 0 Å². The minimum atomic E-state index is 0.119. The first-order valence-corrected chi connectivity index (χ1v) is 8.09. The van der Waals surface area contributed by atoms with Gasteiger partial charge in [-0.1, -0.05) is 30.0 Å². The third kappa shape index (κ3) is 2.90. The highest BCUT2D eigenvalue weighted by Gasteiger charge is 2.16. The Hall–Kier alpha value is -2.14. The second-order valence-corrected chi connectivity index (χ2v) is 6.27. The van der Waals surface area contributed by atoms with Crippen molar-refractivity contribution in [2.75, 3.05) is 5.75 Å². The van der Waals surface area contributed by atoms with E-state index in [1.165, 1.54) is 11.8 Å². The van der Waals surface area contributed by atoms with Gasteiger partial charge in [-0.2, -0.15) is 0 Å². The average Bonchev–Trinajstić information content (AvgIpc) is 2.79. The van der Waals surface area contributed by atoms with Crippen molar-refractivity contribution < 1.29 is 4.79 Å². The summed E-state index contributed by atoms with van der Waals surface area (Å²) in [6.45, 7) is 5.74. The fourth-order valence-electron chi connectivity index (χ4n) is 2.60. The summed E-state index contributed by atoms with van der Waals surface area (Å²) in [5.74, 6) is 1.23. The van der Waals surface area contributed by atoms with Crippen LogP contribution in [0.5, 0.6) is 0 Å². The van der Waals surface area contributed by atoms with Crippen molar-refractivity contribution in [3.63, 3.8) is 0 Å². The molecule has 2 aromatic heterocycles. The first kappa shape index (κ1) is 14.8. The number of Topliss-reactive ketones (excluding diaryl/α,β-unsaturated/α-hetero) is 1. The molecule has 3 aromatic rings. The molecular weight excluding hydrogens is 294 g/mol. The Morgan fingerprint density at radius 1 is 1.18 bits per heavy atom. The van der Waals surface area contributed by atoms with Crippen LogP contribution in [0.3, 0.4) is 0 Å². The lowest BCUT2D eigenvalue weighted by Crippen LogP contribution is -2.04. The highest BCUT2D eigenvalue weighted by Crippen LogP contribution is 2.25. The van der Waals surface area contributed by atoms with Crippen molar-refractivity contribution in [1.82, 2.24) is 15.0 Å². The maximum absolute atomic E-state index is 12.6. The van der Waals surface area contributed by atoms with E-state index in [1.54, 1.807) is 0 Å². The van der Waals surface area contributed by atoms with E-state index in [0.29, 0.717) is 5.75 Å². The van der Waals surface area contributed by atoms with Gasteiger partial charge in [-0.05, 0) is 32.9 Å². The van der Waals surface area contributed by atoms with E-state index in [0.717, 1.165) is 38.7 Å². The molecule has 4 nitrogen and oxygen atoms in total. The Kier molecular flexibility index (Phi) is 3.98. The number of aromatic nitrogens is 3. The van der Waals surface area contributed by atoms with E-state index >= 15 is 0 Å². The molecule has 0 radical (unpaired) electrons. The van der Waals surface area contributed by atoms with Gasteiger partial charge in [0, 0.05) is 27.9 Å². The third-order valence-corrected chi connectivity index (χ3v) is 4.38. The van der Waals surface area contributed by atoms with E-state index in [1.807, 2.05) is 51.1 Å². The molecule has 0 saturated heterocycles. The Morgan fingerprint density at radius 3 is 2.73 bits per heavy atom. The van der Waals surface area contributed by atoms with Crippen LogP contribution in [-0.2, 0) is 0 Å². The number of H-pyrrole nitrogens is 1. The predicted octanol–water partition coefficient (Wildman–Crippen LogP) is 3.86. The zero-order valence-corrected chi connectivity index (χ0v) is 13.6. The molecule has 0 amide bonds. The number of rotatable bonds is 4. The first-order chi connectivity index (χ1) is 10.5. The number of nitrogens with zero attached hydrogens (tertiary/aromatic N) is 2. The fraction of sp³-hybridized carbons (Fsp3) is 0.235. The van der Waals surface area contributed by atoms with Gasteiger partial charge >= 0.3 is 0 Å². The topological polar surface area (TPSA) is 58.6 Å². The summed E-state index contributed by atoms with van der Waals surface area (Å²) >= 11 is 1.46. The molecule has 5 heteroatoms. The molecule has 0 unspecified atom stereocenters. The summed E-state index contributed by atoms with van der Waals surface area (Å²) in [5, 5.41) is 1.83. The molecule has 3 rings (SSSR count). The number of nitrogens with one attached hydrogen (secondary N) is 1. The van der Waals surface area contributed by atoms with Crippen LogP contribution in [0.25, 0.3) is 10.9 Å². The SMILES string of the molecule is Cc1cc(SCC(=O)c2c(C)[nH]c3ccccc23)nc(C)n1. The number of ketones is 1. The lowest BCUT2D eigenvalue weighted by atomic mass is 10.1. The number of hydrogen-bond donors (Lipinski definition) is 1. The van der Waals surface area contributed by atoms with Crippen LogP contribution in [0.2, 0.25) is 0 Å². The van der Waals surface area contributed by atoms with E-state index < -0.39 is 0 Å². The normalized spacial score (nSPS) is 11.0. The van der Waals surface area contributed by atoms with Gasteiger partial charge < -0.3 is 4.98 Å². The second kappa shape index (κ2) is 5.93. The Bertz CT molecular complexity index is 834. The van der Waals surface area contributed by atoms with Gasteiger partial charge in [0.15, 0.2) is 5.78 Å². The molecule has 1 aromatic carbocycles. The number of benzene rings is 1. The molecule has 0 aliphatic heterocycles. The van der Waals surface area contributed by atoms with Crippen molar-refractivity contribution in [3.05, 3.63) is 53.1 Å². The lowest BCUT2D eigenvalue weighted by Gasteiger charge is -2.03. The van der Waals surface area contributed by atoms with Gasteiger partial charge in [0.2, 0.25) is 0 Å². The molecular formula is C17H17N3OS. The van der Waals surface area contributed by atoms with Crippen molar-refractivity contribution in [2.24, 2.45) is 0 Å². The van der Waals surface area contributed by atoms with E-state index in [2.05, 4.69) is 15.0 Å². The quantitative estimate of drug-likeness (QED) is 0.451. The standard InChI is InChI=1S/C17H17N3OS/c1-10-8-16(20-12(3)18-10)22-9-15(21)17-11(2)19-14-7-5-4-6-13(14)17/h4-8,19H,9H2,1-3H3. The van der Waals surface area contributed by atoms with Gasteiger partial charge in [-0.15, -0.1) is 0 Å². The zero-order valence-electron chi connectivity index (χ0n) is 12.8. The van der Waals surface area contributed by atoms with Crippen LogP contribution in [0.4, 0.5) is 0 Å². The zero-order chi connectivity index (χ0) is 15.7. The molecule has 112 valence electrons. The summed E-state index contributed by atoms with van der Waals surface area (Å²) < 4.78 is 0. The summed E-state index contributed by atoms with van der Waals surface area (Å²) in [5.41, 5.74) is 3.63. The van der Waals surface area contributed by atoms with E-state index in [9.17, 15) is 4.79 Å².